The molecule has 1 aromatic heterocycles. The molecule has 1 fully saturated rings. The lowest BCUT2D eigenvalue weighted by atomic mass is 9.83. The third-order valence-electron chi connectivity index (χ3n) is 7.53. The van der Waals surface area contributed by atoms with E-state index in [1.165, 1.54) is 6.26 Å². The monoisotopic (exact) mass is 529 g/mol. The summed E-state index contributed by atoms with van der Waals surface area (Å²) in [7, 11) is 1.55. The van der Waals surface area contributed by atoms with E-state index in [0.29, 0.717) is 42.5 Å². The summed E-state index contributed by atoms with van der Waals surface area (Å²) < 4.78 is 22.1. The summed E-state index contributed by atoms with van der Waals surface area (Å²) in [6.45, 7) is 6.35. The number of methoxy groups -OCH3 is 1. The van der Waals surface area contributed by atoms with Crippen LogP contribution in [0.25, 0.3) is 0 Å². The molecule has 10 nitrogen and oxygen atoms in total. The second-order valence-electron chi connectivity index (χ2n) is 9.98. The van der Waals surface area contributed by atoms with E-state index in [0.717, 1.165) is 44.3 Å². The summed E-state index contributed by atoms with van der Waals surface area (Å²) in [6, 6.07) is 3.31. The van der Waals surface area contributed by atoms with Crippen LogP contribution in [-0.2, 0) is 16.0 Å². The first-order valence-electron chi connectivity index (χ1n) is 13.6. The standard InChI is InChI=1S/C28H39N3O7/c1-4-6-11-30(12-7-5-2)25(32)17-31-16-20(19-14-22(35-3)27-23(15-19)37-18-38-27)26(28(33)34)21(31)8-9-24-29-10-13-36-24/h10,13-15,20-21,26H,4-9,11-12,16-18H2,1-3H3,(H,33,34)/t20-,21?,26-/m1/s1. The van der Waals surface area contributed by atoms with Gasteiger partial charge in [0.25, 0.3) is 0 Å². The van der Waals surface area contributed by atoms with Crippen molar-refractivity contribution >= 4 is 11.9 Å². The first kappa shape index (κ1) is 27.8. The average Bonchev–Trinajstić information content (AvgIpc) is 3.67. The molecule has 0 aliphatic carbocycles. The van der Waals surface area contributed by atoms with E-state index < -0.39 is 11.9 Å². The van der Waals surface area contributed by atoms with Gasteiger partial charge >= 0.3 is 5.97 Å². The number of unbranched alkanes of at least 4 members (excludes halogenated alkanes) is 2. The summed E-state index contributed by atoms with van der Waals surface area (Å²) in [6.07, 6.45) is 8.00. The summed E-state index contributed by atoms with van der Waals surface area (Å²) in [5, 5.41) is 10.4. The van der Waals surface area contributed by atoms with Crippen molar-refractivity contribution in [1.82, 2.24) is 14.8 Å². The van der Waals surface area contributed by atoms with Gasteiger partial charge in [-0.1, -0.05) is 26.7 Å². The number of amides is 1. The number of fused-ring (bicyclic) bond motifs is 1. The minimum atomic E-state index is -0.896. The van der Waals surface area contributed by atoms with Gasteiger partial charge in [0.2, 0.25) is 18.4 Å². The molecule has 1 N–H and O–H groups in total. The van der Waals surface area contributed by atoms with Gasteiger partial charge in [0.15, 0.2) is 17.4 Å². The number of ether oxygens (including phenoxy) is 3. The Hall–Kier alpha value is -3.27. The number of aliphatic carboxylic acids is 1. The van der Waals surface area contributed by atoms with Crippen LogP contribution < -0.4 is 14.2 Å². The Morgan fingerprint density at radius 3 is 2.58 bits per heavy atom. The van der Waals surface area contributed by atoms with E-state index in [1.54, 1.807) is 13.3 Å². The highest BCUT2D eigenvalue weighted by atomic mass is 16.7. The van der Waals surface area contributed by atoms with Gasteiger partial charge in [-0.25, -0.2) is 4.98 Å². The number of hydrogen-bond acceptors (Lipinski definition) is 8. The minimum absolute atomic E-state index is 0.0427. The van der Waals surface area contributed by atoms with E-state index in [-0.39, 0.29) is 31.2 Å². The predicted molar refractivity (Wildman–Crippen MR) is 140 cm³/mol. The number of hydrogen-bond donors (Lipinski definition) is 1. The van der Waals surface area contributed by atoms with Crippen molar-refractivity contribution in [3.63, 3.8) is 0 Å². The van der Waals surface area contributed by atoms with Crippen molar-refractivity contribution in [3.8, 4) is 17.2 Å². The highest BCUT2D eigenvalue weighted by Crippen LogP contribution is 2.47. The van der Waals surface area contributed by atoms with Crippen molar-refractivity contribution in [2.24, 2.45) is 5.92 Å². The number of aryl methyl sites for hydroxylation is 1. The fourth-order valence-corrected chi connectivity index (χ4v) is 5.53. The Morgan fingerprint density at radius 1 is 1.18 bits per heavy atom. The predicted octanol–water partition coefficient (Wildman–Crippen LogP) is 3.94. The maximum absolute atomic E-state index is 13.5. The average molecular weight is 530 g/mol. The molecule has 1 unspecified atom stereocenters. The van der Waals surface area contributed by atoms with Gasteiger partial charge in [0.1, 0.15) is 6.26 Å². The Kier molecular flexibility index (Phi) is 9.49. The Labute approximate surface area is 223 Å². The summed E-state index contributed by atoms with van der Waals surface area (Å²) in [5.74, 6) is 0.182. The van der Waals surface area contributed by atoms with Crippen molar-refractivity contribution in [2.75, 3.05) is 40.1 Å². The normalized spacial score (nSPS) is 20.6. The molecule has 2 aliphatic rings. The molecule has 0 saturated carbocycles. The topological polar surface area (TPSA) is 115 Å². The number of benzene rings is 1. The van der Waals surface area contributed by atoms with E-state index >= 15 is 0 Å². The van der Waals surface area contributed by atoms with Gasteiger partial charge in [-0.3, -0.25) is 14.5 Å². The second-order valence-corrected chi connectivity index (χ2v) is 9.98. The van der Waals surface area contributed by atoms with Gasteiger partial charge in [-0.05, 0) is 37.0 Å². The van der Waals surface area contributed by atoms with Crippen molar-refractivity contribution in [1.29, 1.82) is 0 Å². The van der Waals surface area contributed by atoms with E-state index in [2.05, 4.69) is 18.8 Å². The third-order valence-corrected chi connectivity index (χ3v) is 7.53. The molecule has 10 heteroatoms. The zero-order valence-electron chi connectivity index (χ0n) is 22.6. The van der Waals surface area contributed by atoms with Crippen LogP contribution in [-0.4, -0.2) is 77.9 Å². The van der Waals surface area contributed by atoms with E-state index in [4.69, 9.17) is 18.6 Å². The lowest BCUT2D eigenvalue weighted by molar-refractivity contribution is -0.143. The highest BCUT2D eigenvalue weighted by molar-refractivity contribution is 5.79. The van der Waals surface area contributed by atoms with Crippen LogP contribution in [0, 0.1) is 5.92 Å². The van der Waals surface area contributed by atoms with Crippen molar-refractivity contribution in [2.45, 2.75) is 64.3 Å². The van der Waals surface area contributed by atoms with Crippen LogP contribution in [0.5, 0.6) is 17.2 Å². The molecule has 3 heterocycles. The van der Waals surface area contributed by atoms with Gasteiger partial charge in [-0.2, -0.15) is 0 Å². The maximum atomic E-state index is 13.5. The SMILES string of the molecule is CCCCN(CCCC)C(=O)CN1C[C@H](c2cc(OC)c3c(c2)OCO3)[C@@H](C(=O)O)C1CCc1ncco1. The third kappa shape index (κ3) is 6.23. The highest BCUT2D eigenvalue weighted by Gasteiger charge is 2.47. The van der Waals surface area contributed by atoms with E-state index in [9.17, 15) is 14.7 Å². The van der Waals surface area contributed by atoms with E-state index in [1.807, 2.05) is 21.9 Å². The molecule has 1 amide bonds. The van der Waals surface area contributed by atoms with Crippen LogP contribution in [0.2, 0.25) is 0 Å². The molecule has 0 bridgehead atoms. The first-order valence-corrected chi connectivity index (χ1v) is 13.6. The molecule has 0 spiro atoms. The number of aromatic nitrogens is 1. The number of rotatable bonds is 14. The zero-order valence-corrected chi connectivity index (χ0v) is 22.6. The molecule has 4 rings (SSSR count). The van der Waals surface area contributed by atoms with Gasteiger partial charge in [0.05, 0.1) is 25.8 Å². The van der Waals surface area contributed by atoms with Crippen LogP contribution in [0.4, 0.5) is 0 Å². The summed E-state index contributed by atoms with van der Waals surface area (Å²) in [5.41, 5.74) is 0.795. The van der Waals surface area contributed by atoms with Crippen LogP contribution >= 0.6 is 0 Å². The largest absolute Gasteiger partial charge is 0.493 e. The summed E-state index contributed by atoms with van der Waals surface area (Å²) in [4.78, 5) is 34.4. The molecule has 1 aromatic carbocycles. The molecule has 2 aliphatic heterocycles. The molecule has 0 radical (unpaired) electrons. The number of carboxylic acids is 1. The van der Waals surface area contributed by atoms with Gasteiger partial charge in [-0.15, -0.1) is 0 Å². The lowest BCUT2D eigenvalue weighted by Gasteiger charge is -2.29. The number of likely N-dealkylation sites (tertiary alicyclic amines) is 1. The Morgan fingerprint density at radius 2 is 1.95 bits per heavy atom. The van der Waals surface area contributed by atoms with Gasteiger partial charge in [0, 0.05) is 38.0 Å². The summed E-state index contributed by atoms with van der Waals surface area (Å²) >= 11 is 0. The number of carbonyl (C=O) groups is 2. The quantitative estimate of drug-likeness (QED) is 0.389. The first-order chi connectivity index (χ1) is 18.5. The number of carboxylic acid groups (broad SMARTS) is 1. The van der Waals surface area contributed by atoms with Crippen LogP contribution in [0.15, 0.2) is 29.0 Å². The number of oxazole rings is 1. The fourth-order valence-electron chi connectivity index (χ4n) is 5.53. The minimum Gasteiger partial charge on any atom is -0.493 e. The van der Waals surface area contributed by atoms with Crippen molar-refractivity contribution < 1.29 is 33.3 Å². The molecule has 2 aromatic rings. The fraction of sp³-hybridized carbons (Fsp3) is 0.607. The molecule has 208 valence electrons. The maximum Gasteiger partial charge on any atom is 0.308 e. The lowest BCUT2D eigenvalue weighted by Crippen LogP contribution is -2.44. The van der Waals surface area contributed by atoms with Crippen LogP contribution in [0.1, 0.15) is 63.3 Å². The van der Waals surface area contributed by atoms with Crippen molar-refractivity contribution in [3.05, 3.63) is 36.0 Å². The number of nitrogens with zero attached hydrogens (tertiary/aromatic N) is 3. The molecule has 38 heavy (non-hydrogen) atoms. The molecule has 3 atom stereocenters. The molecule has 1 saturated heterocycles. The second kappa shape index (κ2) is 13.0. The number of carbonyl (C=O) groups excluding carboxylic acids is 1. The Bertz CT molecular complexity index is 1070. The molecular formula is C28H39N3O7. The smallest absolute Gasteiger partial charge is 0.308 e. The zero-order chi connectivity index (χ0) is 27.1. The Balaban J connectivity index is 1.62. The molecular weight excluding hydrogens is 490 g/mol. The van der Waals surface area contributed by atoms with Gasteiger partial charge < -0.3 is 28.6 Å². The van der Waals surface area contributed by atoms with Crippen LogP contribution in [0.3, 0.4) is 0 Å².